The first-order valence-electron chi connectivity index (χ1n) is 9.13. The fourth-order valence-corrected chi connectivity index (χ4v) is 3.92. The van der Waals surface area contributed by atoms with Gasteiger partial charge in [-0.3, -0.25) is 14.3 Å². The van der Waals surface area contributed by atoms with Gasteiger partial charge < -0.3 is 15.0 Å². The second kappa shape index (κ2) is 11.0. The van der Waals surface area contributed by atoms with Crippen molar-refractivity contribution in [3.8, 4) is 0 Å². The Bertz CT molecular complexity index is 997. The van der Waals surface area contributed by atoms with E-state index < -0.39 is 15.9 Å². The third-order valence-electron chi connectivity index (χ3n) is 4.08. The number of para-hydroxylation sites is 1. The lowest BCUT2D eigenvalue weighted by Crippen LogP contribution is -2.38. The Morgan fingerprint density at radius 1 is 1.13 bits per heavy atom. The van der Waals surface area contributed by atoms with Crippen molar-refractivity contribution in [1.82, 2.24) is 10.2 Å². The zero-order valence-corrected chi connectivity index (χ0v) is 18.3. The third kappa shape index (κ3) is 6.72. The van der Waals surface area contributed by atoms with Crippen molar-refractivity contribution in [2.24, 2.45) is 0 Å². The molecule has 0 radical (unpaired) electrons. The highest BCUT2D eigenvalue weighted by molar-refractivity contribution is 7.92. The van der Waals surface area contributed by atoms with Crippen LogP contribution in [-0.4, -0.2) is 59.0 Å². The molecule has 0 atom stereocenters. The standard InChI is InChI=1S/C20H24ClN3O5S/c1-24(14-19(25)22-11-6-12-29-2)20(26)15-7-5-8-16(13-15)30(27,28)23-18-10-4-3-9-17(18)21/h3-5,7-10,13,23H,6,11-12,14H2,1-2H3,(H,22,25). The molecule has 30 heavy (non-hydrogen) atoms. The molecule has 162 valence electrons. The van der Waals surface area contributed by atoms with Gasteiger partial charge in [-0.1, -0.05) is 29.8 Å². The number of methoxy groups -OCH3 is 1. The summed E-state index contributed by atoms with van der Waals surface area (Å²) < 4.78 is 32.7. The number of nitrogens with zero attached hydrogens (tertiary/aromatic N) is 1. The lowest BCUT2D eigenvalue weighted by molar-refractivity contribution is -0.121. The summed E-state index contributed by atoms with van der Waals surface area (Å²) in [5.41, 5.74) is 0.380. The largest absolute Gasteiger partial charge is 0.385 e. The highest BCUT2D eigenvalue weighted by Gasteiger charge is 2.20. The number of halogens is 1. The molecule has 0 heterocycles. The van der Waals surface area contributed by atoms with E-state index in [2.05, 4.69) is 10.0 Å². The van der Waals surface area contributed by atoms with E-state index in [-0.39, 0.29) is 33.6 Å². The lowest BCUT2D eigenvalue weighted by atomic mass is 10.2. The van der Waals surface area contributed by atoms with Gasteiger partial charge in [0.1, 0.15) is 0 Å². The number of hydrogen-bond donors (Lipinski definition) is 2. The number of anilines is 1. The number of benzene rings is 2. The second-order valence-corrected chi connectivity index (χ2v) is 8.56. The van der Waals surface area contributed by atoms with E-state index in [1.54, 1.807) is 25.3 Å². The molecule has 10 heteroatoms. The van der Waals surface area contributed by atoms with Gasteiger partial charge >= 0.3 is 0 Å². The van der Waals surface area contributed by atoms with Gasteiger partial charge in [0.15, 0.2) is 0 Å². The van der Waals surface area contributed by atoms with Gasteiger partial charge in [0.2, 0.25) is 5.91 Å². The SMILES string of the molecule is COCCCNC(=O)CN(C)C(=O)c1cccc(S(=O)(=O)Nc2ccccc2Cl)c1. The van der Waals surface area contributed by atoms with Crippen LogP contribution in [0.15, 0.2) is 53.4 Å². The minimum atomic E-state index is -3.95. The quantitative estimate of drug-likeness (QED) is 0.537. The minimum absolute atomic E-state index is 0.0920. The zero-order valence-electron chi connectivity index (χ0n) is 16.7. The van der Waals surface area contributed by atoms with Gasteiger partial charge in [-0.25, -0.2) is 8.42 Å². The van der Waals surface area contributed by atoms with E-state index in [4.69, 9.17) is 16.3 Å². The maximum atomic E-state index is 12.7. The number of ether oxygens (including phenoxy) is 1. The highest BCUT2D eigenvalue weighted by atomic mass is 35.5. The topological polar surface area (TPSA) is 105 Å². The van der Waals surface area contributed by atoms with Crippen LogP contribution in [-0.2, 0) is 19.6 Å². The fraction of sp³-hybridized carbons (Fsp3) is 0.300. The Labute approximate surface area is 181 Å². The molecular weight excluding hydrogens is 430 g/mol. The molecule has 0 aromatic heterocycles. The van der Waals surface area contributed by atoms with Crippen LogP contribution in [0.5, 0.6) is 0 Å². The second-order valence-electron chi connectivity index (χ2n) is 6.47. The Hall–Kier alpha value is -2.62. The predicted octanol–water partition coefficient (Wildman–Crippen LogP) is 2.37. The number of sulfonamides is 1. The van der Waals surface area contributed by atoms with E-state index >= 15 is 0 Å². The highest BCUT2D eigenvalue weighted by Crippen LogP contribution is 2.24. The molecule has 2 aromatic rings. The maximum absolute atomic E-state index is 12.7. The van der Waals surface area contributed by atoms with E-state index in [1.807, 2.05) is 0 Å². The van der Waals surface area contributed by atoms with Crippen LogP contribution in [0.1, 0.15) is 16.8 Å². The molecule has 2 rings (SSSR count). The zero-order chi connectivity index (χ0) is 22.1. The van der Waals surface area contributed by atoms with Crippen molar-refractivity contribution in [3.05, 3.63) is 59.1 Å². The molecule has 0 fully saturated rings. The number of likely N-dealkylation sites (N-methyl/N-ethyl adjacent to an activating group) is 1. The van der Waals surface area contributed by atoms with Crippen LogP contribution in [0.25, 0.3) is 0 Å². The van der Waals surface area contributed by atoms with Crippen molar-refractivity contribution < 1.29 is 22.7 Å². The summed E-state index contributed by atoms with van der Waals surface area (Å²) in [5.74, 6) is -0.789. The molecule has 0 aliphatic rings. The van der Waals surface area contributed by atoms with E-state index in [0.717, 1.165) is 0 Å². The molecule has 2 N–H and O–H groups in total. The average molecular weight is 454 g/mol. The van der Waals surface area contributed by atoms with Crippen molar-refractivity contribution in [3.63, 3.8) is 0 Å². The molecule has 0 saturated heterocycles. The molecule has 0 spiro atoms. The molecule has 0 unspecified atom stereocenters. The van der Waals surface area contributed by atoms with Crippen LogP contribution < -0.4 is 10.0 Å². The summed E-state index contributed by atoms with van der Waals surface area (Å²) >= 11 is 6.01. The van der Waals surface area contributed by atoms with Gasteiger partial charge in [0, 0.05) is 32.9 Å². The normalized spacial score (nSPS) is 11.0. The number of rotatable bonds is 10. The number of carbonyl (C=O) groups is 2. The summed E-state index contributed by atoms with van der Waals surface area (Å²) in [6.45, 7) is 0.815. The monoisotopic (exact) mass is 453 g/mol. The number of hydrogen-bond acceptors (Lipinski definition) is 5. The van der Waals surface area contributed by atoms with Crippen molar-refractivity contribution in [2.75, 3.05) is 38.6 Å². The summed E-state index contributed by atoms with van der Waals surface area (Å²) in [6, 6.07) is 12.0. The van der Waals surface area contributed by atoms with E-state index in [0.29, 0.717) is 19.6 Å². The molecule has 2 amide bonds. The van der Waals surface area contributed by atoms with Crippen LogP contribution in [0.3, 0.4) is 0 Å². The summed E-state index contributed by atoms with van der Waals surface area (Å²) in [6.07, 6.45) is 0.665. The molecule has 0 aliphatic heterocycles. The molecule has 8 nitrogen and oxygen atoms in total. The van der Waals surface area contributed by atoms with Crippen molar-refractivity contribution in [1.29, 1.82) is 0 Å². The first kappa shape index (κ1) is 23.7. The predicted molar refractivity (Wildman–Crippen MR) is 115 cm³/mol. The van der Waals surface area contributed by atoms with Crippen LogP contribution in [0, 0.1) is 0 Å². The number of nitrogens with one attached hydrogen (secondary N) is 2. The minimum Gasteiger partial charge on any atom is -0.385 e. The van der Waals surface area contributed by atoms with Gasteiger partial charge in [-0.15, -0.1) is 0 Å². The van der Waals surface area contributed by atoms with Crippen LogP contribution >= 0.6 is 11.6 Å². The van der Waals surface area contributed by atoms with Gasteiger partial charge in [0.05, 0.1) is 22.2 Å². The smallest absolute Gasteiger partial charge is 0.261 e. The van der Waals surface area contributed by atoms with E-state index in [9.17, 15) is 18.0 Å². The van der Waals surface area contributed by atoms with Crippen molar-refractivity contribution in [2.45, 2.75) is 11.3 Å². The Balaban J connectivity index is 2.07. The lowest BCUT2D eigenvalue weighted by Gasteiger charge is -2.17. The molecular formula is C20H24ClN3O5S. The average Bonchev–Trinajstić information content (AvgIpc) is 2.72. The van der Waals surface area contributed by atoms with Crippen LogP contribution in [0.2, 0.25) is 5.02 Å². The number of amides is 2. The van der Waals surface area contributed by atoms with Gasteiger partial charge in [0.25, 0.3) is 15.9 Å². The number of carbonyl (C=O) groups excluding carboxylic acids is 2. The van der Waals surface area contributed by atoms with Crippen LogP contribution in [0.4, 0.5) is 5.69 Å². The maximum Gasteiger partial charge on any atom is 0.261 e. The Kier molecular flexibility index (Phi) is 8.64. The Morgan fingerprint density at radius 3 is 2.57 bits per heavy atom. The summed E-state index contributed by atoms with van der Waals surface area (Å²) in [7, 11) is -0.906. The summed E-state index contributed by atoms with van der Waals surface area (Å²) in [5, 5.41) is 2.95. The molecule has 0 bridgehead atoms. The molecule has 2 aromatic carbocycles. The third-order valence-corrected chi connectivity index (χ3v) is 5.78. The van der Waals surface area contributed by atoms with Gasteiger partial charge in [-0.2, -0.15) is 0 Å². The fourth-order valence-electron chi connectivity index (χ4n) is 2.55. The molecule has 0 saturated carbocycles. The Morgan fingerprint density at radius 2 is 1.87 bits per heavy atom. The first-order valence-corrected chi connectivity index (χ1v) is 11.0. The first-order chi connectivity index (χ1) is 14.2. The molecule has 0 aliphatic carbocycles. The van der Waals surface area contributed by atoms with Crippen molar-refractivity contribution >= 4 is 39.1 Å². The summed E-state index contributed by atoms with van der Waals surface area (Å²) in [4.78, 5) is 25.7. The van der Waals surface area contributed by atoms with E-state index in [1.165, 1.54) is 42.3 Å². The van der Waals surface area contributed by atoms with Gasteiger partial charge in [-0.05, 0) is 36.8 Å².